The second kappa shape index (κ2) is 7.28. The molecule has 0 heterocycles. The monoisotopic (exact) mass is 253 g/mol. The molecule has 1 fully saturated rings. The number of hydrogen-bond acceptors (Lipinski definition) is 2. The summed E-state index contributed by atoms with van der Waals surface area (Å²) in [6.45, 7) is 4.43. The van der Waals surface area contributed by atoms with E-state index in [0.717, 1.165) is 19.3 Å². The summed E-state index contributed by atoms with van der Waals surface area (Å²) in [4.78, 5) is 15.0. The number of ketones is 1. The van der Waals surface area contributed by atoms with Gasteiger partial charge in [0.15, 0.2) is 5.78 Å². The highest BCUT2D eigenvalue weighted by Gasteiger charge is 2.40. The number of Topliss-reactive ketones (excluding diaryl/α,β-unsaturated/α-hetero) is 1. The average Bonchev–Trinajstić information content (AvgIpc) is 2.55. The molecule has 0 spiro atoms. The standard InChI is InChI=1S/C16H31NO/c1-5-10-14(2)13-15(18)16(17(3)4)11-8-6-7-9-12-16/h14H,5-13H2,1-4H3. The minimum Gasteiger partial charge on any atom is -0.298 e. The van der Waals surface area contributed by atoms with E-state index in [1.54, 1.807) is 0 Å². The summed E-state index contributed by atoms with van der Waals surface area (Å²) in [7, 11) is 4.18. The van der Waals surface area contributed by atoms with Crippen LogP contribution < -0.4 is 0 Å². The molecule has 1 rings (SSSR count). The van der Waals surface area contributed by atoms with E-state index in [-0.39, 0.29) is 5.54 Å². The second-order valence-corrected chi connectivity index (χ2v) is 6.36. The predicted molar refractivity (Wildman–Crippen MR) is 77.8 cm³/mol. The van der Waals surface area contributed by atoms with E-state index in [2.05, 4.69) is 32.8 Å². The van der Waals surface area contributed by atoms with Gasteiger partial charge in [0.05, 0.1) is 5.54 Å². The summed E-state index contributed by atoms with van der Waals surface area (Å²) < 4.78 is 0. The van der Waals surface area contributed by atoms with E-state index < -0.39 is 0 Å². The zero-order valence-corrected chi connectivity index (χ0v) is 12.8. The molecule has 18 heavy (non-hydrogen) atoms. The molecular formula is C16H31NO. The quantitative estimate of drug-likeness (QED) is 0.666. The molecule has 1 aliphatic carbocycles. The SMILES string of the molecule is CCCC(C)CC(=O)C1(N(C)C)CCCCCC1. The van der Waals surface area contributed by atoms with Crippen molar-refractivity contribution < 1.29 is 4.79 Å². The molecule has 2 nitrogen and oxygen atoms in total. The van der Waals surface area contributed by atoms with E-state index in [9.17, 15) is 4.79 Å². The van der Waals surface area contributed by atoms with E-state index >= 15 is 0 Å². The highest BCUT2D eigenvalue weighted by atomic mass is 16.1. The lowest BCUT2D eigenvalue weighted by molar-refractivity contribution is -0.131. The van der Waals surface area contributed by atoms with Gasteiger partial charge < -0.3 is 0 Å². The lowest BCUT2D eigenvalue weighted by atomic mass is 9.80. The van der Waals surface area contributed by atoms with Crippen molar-refractivity contribution in [3.05, 3.63) is 0 Å². The molecule has 1 aliphatic rings. The summed E-state index contributed by atoms with van der Waals surface area (Å²) in [5.41, 5.74) is -0.154. The van der Waals surface area contributed by atoms with E-state index in [0.29, 0.717) is 11.7 Å². The van der Waals surface area contributed by atoms with Crippen LogP contribution in [-0.2, 0) is 4.79 Å². The van der Waals surface area contributed by atoms with Crippen molar-refractivity contribution in [2.24, 2.45) is 5.92 Å². The van der Waals surface area contributed by atoms with Crippen LogP contribution in [0.15, 0.2) is 0 Å². The summed E-state index contributed by atoms with van der Waals surface area (Å²) >= 11 is 0. The van der Waals surface area contributed by atoms with Gasteiger partial charge in [-0.2, -0.15) is 0 Å². The van der Waals surface area contributed by atoms with Crippen molar-refractivity contribution in [1.29, 1.82) is 0 Å². The van der Waals surface area contributed by atoms with Crippen LogP contribution in [-0.4, -0.2) is 30.3 Å². The molecule has 106 valence electrons. The molecule has 1 atom stereocenters. The van der Waals surface area contributed by atoms with Crippen LogP contribution >= 0.6 is 0 Å². The molecule has 0 aliphatic heterocycles. The number of carbonyl (C=O) groups excluding carboxylic acids is 1. The van der Waals surface area contributed by atoms with Crippen LogP contribution in [0.25, 0.3) is 0 Å². The van der Waals surface area contributed by atoms with Crippen LogP contribution in [0.5, 0.6) is 0 Å². The summed E-state index contributed by atoms with van der Waals surface area (Å²) in [6.07, 6.45) is 10.3. The van der Waals surface area contributed by atoms with Gasteiger partial charge in [0, 0.05) is 6.42 Å². The number of carbonyl (C=O) groups is 1. The predicted octanol–water partition coefficient (Wildman–Crippen LogP) is 4.04. The third-order valence-corrected chi connectivity index (χ3v) is 4.62. The van der Waals surface area contributed by atoms with Crippen molar-refractivity contribution in [3.63, 3.8) is 0 Å². The van der Waals surface area contributed by atoms with Gasteiger partial charge in [0.2, 0.25) is 0 Å². The second-order valence-electron chi connectivity index (χ2n) is 6.36. The first-order chi connectivity index (χ1) is 8.53. The summed E-state index contributed by atoms with van der Waals surface area (Å²) in [5.74, 6) is 1.04. The van der Waals surface area contributed by atoms with Crippen LogP contribution in [0.1, 0.15) is 71.6 Å². The molecule has 2 heteroatoms. The molecule has 0 amide bonds. The number of hydrogen-bond donors (Lipinski definition) is 0. The van der Waals surface area contributed by atoms with E-state index in [4.69, 9.17) is 0 Å². The Labute approximate surface area is 113 Å². The normalized spacial score (nSPS) is 21.6. The molecule has 0 radical (unpaired) electrons. The van der Waals surface area contributed by atoms with Gasteiger partial charge in [-0.25, -0.2) is 0 Å². The van der Waals surface area contributed by atoms with Gasteiger partial charge in [-0.05, 0) is 32.9 Å². The molecule has 0 N–H and O–H groups in total. The zero-order chi connectivity index (χ0) is 13.6. The Kier molecular flexibility index (Phi) is 6.34. The number of likely N-dealkylation sites (N-methyl/N-ethyl adjacent to an activating group) is 1. The van der Waals surface area contributed by atoms with Gasteiger partial charge >= 0.3 is 0 Å². The van der Waals surface area contributed by atoms with Gasteiger partial charge in [-0.15, -0.1) is 0 Å². The van der Waals surface area contributed by atoms with Crippen LogP contribution in [0.3, 0.4) is 0 Å². The molecule has 1 saturated carbocycles. The molecule has 0 bridgehead atoms. The highest BCUT2D eigenvalue weighted by Crippen LogP contribution is 2.34. The fourth-order valence-electron chi connectivity index (χ4n) is 3.39. The Hall–Kier alpha value is -0.370. The van der Waals surface area contributed by atoms with Gasteiger partial charge in [0.1, 0.15) is 0 Å². The van der Waals surface area contributed by atoms with Crippen LogP contribution in [0, 0.1) is 5.92 Å². The molecule has 1 unspecified atom stereocenters. The van der Waals surface area contributed by atoms with E-state index in [1.807, 2.05) is 0 Å². The Morgan fingerprint density at radius 2 is 1.72 bits per heavy atom. The first-order valence-corrected chi connectivity index (χ1v) is 7.73. The van der Waals surface area contributed by atoms with Crippen molar-refractivity contribution >= 4 is 5.78 Å². The minimum absolute atomic E-state index is 0.154. The smallest absolute Gasteiger partial charge is 0.153 e. The molecule has 0 aromatic rings. The van der Waals surface area contributed by atoms with E-state index in [1.165, 1.54) is 38.5 Å². The first-order valence-electron chi connectivity index (χ1n) is 7.73. The maximum atomic E-state index is 12.8. The lowest BCUT2D eigenvalue weighted by Gasteiger charge is -2.38. The van der Waals surface area contributed by atoms with Crippen molar-refractivity contribution in [2.45, 2.75) is 77.2 Å². The number of rotatable bonds is 6. The Morgan fingerprint density at radius 3 is 2.17 bits per heavy atom. The molecule has 0 aromatic heterocycles. The Morgan fingerprint density at radius 1 is 1.17 bits per heavy atom. The van der Waals surface area contributed by atoms with Gasteiger partial charge in [0.25, 0.3) is 0 Å². The largest absolute Gasteiger partial charge is 0.298 e. The van der Waals surface area contributed by atoms with Gasteiger partial charge in [-0.1, -0.05) is 52.4 Å². The average molecular weight is 253 g/mol. The maximum Gasteiger partial charge on any atom is 0.153 e. The van der Waals surface area contributed by atoms with Crippen molar-refractivity contribution in [1.82, 2.24) is 4.90 Å². The van der Waals surface area contributed by atoms with Crippen molar-refractivity contribution in [2.75, 3.05) is 14.1 Å². The van der Waals surface area contributed by atoms with Gasteiger partial charge in [-0.3, -0.25) is 9.69 Å². The van der Waals surface area contributed by atoms with Crippen LogP contribution in [0.2, 0.25) is 0 Å². The Bertz CT molecular complexity index is 252. The van der Waals surface area contributed by atoms with Crippen molar-refractivity contribution in [3.8, 4) is 0 Å². The topological polar surface area (TPSA) is 20.3 Å². The molecular weight excluding hydrogens is 222 g/mol. The Balaban J connectivity index is 2.73. The third kappa shape index (κ3) is 3.81. The number of nitrogens with zero attached hydrogens (tertiary/aromatic N) is 1. The fourth-order valence-corrected chi connectivity index (χ4v) is 3.39. The molecule has 0 saturated heterocycles. The van der Waals surface area contributed by atoms with Crippen LogP contribution in [0.4, 0.5) is 0 Å². The zero-order valence-electron chi connectivity index (χ0n) is 12.8. The fraction of sp³-hybridized carbons (Fsp3) is 0.938. The third-order valence-electron chi connectivity index (χ3n) is 4.62. The maximum absolute atomic E-state index is 12.8. The highest BCUT2D eigenvalue weighted by molar-refractivity contribution is 5.88. The molecule has 0 aromatic carbocycles. The summed E-state index contributed by atoms with van der Waals surface area (Å²) in [6, 6.07) is 0. The lowest BCUT2D eigenvalue weighted by Crippen LogP contribution is -2.51. The minimum atomic E-state index is -0.154. The first kappa shape index (κ1) is 15.7. The summed E-state index contributed by atoms with van der Waals surface area (Å²) in [5, 5.41) is 0.